The summed E-state index contributed by atoms with van der Waals surface area (Å²) in [5.74, 6) is 0.135. The van der Waals surface area contributed by atoms with Gasteiger partial charge in [-0.15, -0.1) is 21.5 Å². The van der Waals surface area contributed by atoms with Gasteiger partial charge in [0, 0.05) is 17.0 Å². The van der Waals surface area contributed by atoms with E-state index in [4.69, 9.17) is 0 Å². The van der Waals surface area contributed by atoms with Crippen LogP contribution in [-0.2, 0) is 11.2 Å². The van der Waals surface area contributed by atoms with E-state index in [1.807, 2.05) is 47.2 Å². The number of carbonyl (C=O) groups excluding carboxylic acids is 1. The van der Waals surface area contributed by atoms with E-state index in [1.165, 1.54) is 28.8 Å². The lowest BCUT2D eigenvalue weighted by molar-refractivity contribution is -0.113. The highest BCUT2D eigenvalue weighted by molar-refractivity contribution is 7.99. The molecule has 0 bridgehead atoms. The molecule has 2 heterocycles. The van der Waals surface area contributed by atoms with Crippen molar-refractivity contribution in [3.63, 3.8) is 0 Å². The van der Waals surface area contributed by atoms with Crippen LogP contribution in [0.4, 0.5) is 10.1 Å². The minimum atomic E-state index is -0.461. The molecule has 30 heavy (non-hydrogen) atoms. The van der Waals surface area contributed by atoms with Gasteiger partial charge in [-0.2, -0.15) is 0 Å². The zero-order valence-electron chi connectivity index (χ0n) is 16.2. The van der Waals surface area contributed by atoms with E-state index >= 15 is 0 Å². The summed E-state index contributed by atoms with van der Waals surface area (Å²) in [7, 11) is 0. The molecular formula is C22H19FN4OS2. The third kappa shape index (κ3) is 4.77. The summed E-state index contributed by atoms with van der Waals surface area (Å²) in [4.78, 5) is 13.5. The summed E-state index contributed by atoms with van der Waals surface area (Å²) in [6, 6.07) is 18.3. The van der Waals surface area contributed by atoms with Gasteiger partial charge in [0.25, 0.3) is 0 Å². The van der Waals surface area contributed by atoms with Crippen molar-refractivity contribution in [2.45, 2.75) is 18.5 Å². The summed E-state index contributed by atoms with van der Waals surface area (Å²) in [6.07, 6.45) is 0.653. The van der Waals surface area contributed by atoms with Crippen LogP contribution in [0.15, 0.2) is 71.2 Å². The Morgan fingerprint density at radius 3 is 2.63 bits per heavy atom. The molecule has 1 N–H and O–H groups in total. The van der Waals surface area contributed by atoms with Gasteiger partial charge in [0.2, 0.25) is 5.91 Å². The molecule has 0 unspecified atom stereocenters. The summed E-state index contributed by atoms with van der Waals surface area (Å²) in [6.45, 7) is 2.03. The quantitative estimate of drug-likeness (QED) is 0.408. The zero-order valence-corrected chi connectivity index (χ0v) is 17.8. The number of hydrogen-bond acceptors (Lipinski definition) is 5. The second-order valence-corrected chi connectivity index (χ2v) is 8.62. The number of anilines is 1. The Hall–Kier alpha value is -2.97. The highest BCUT2D eigenvalue weighted by atomic mass is 32.2. The largest absolute Gasteiger partial charge is 0.323 e. The van der Waals surface area contributed by atoms with Gasteiger partial charge < -0.3 is 5.32 Å². The highest BCUT2D eigenvalue weighted by Gasteiger charge is 2.17. The van der Waals surface area contributed by atoms with Crippen LogP contribution in [0.5, 0.6) is 0 Å². The maximum atomic E-state index is 13.8. The number of benzene rings is 2. The van der Waals surface area contributed by atoms with E-state index in [0.717, 1.165) is 17.1 Å². The van der Waals surface area contributed by atoms with Crippen molar-refractivity contribution in [3.8, 4) is 5.69 Å². The van der Waals surface area contributed by atoms with Crippen LogP contribution >= 0.6 is 23.1 Å². The Balaban J connectivity index is 1.55. The molecule has 2 aromatic carbocycles. The molecule has 0 aliphatic carbocycles. The number of amides is 1. The molecule has 152 valence electrons. The van der Waals surface area contributed by atoms with Crippen LogP contribution in [0.3, 0.4) is 0 Å². The lowest BCUT2D eigenvalue weighted by atomic mass is 10.2. The number of hydrogen-bond donors (Lipinski definition) is 1. The number of para-hydroxylation sites is 1. The van der Waals surface area contributed by atoms with E-state index in [9.17, 15) is 9.18 Å². The first-order valence-corrected chi connectivity index (χ1v) is 11.2. The number of thioether (sulfide) groups is 1. The van der Waals surface area contributed by atoms with Crippen molar-refractivity contribution in [3.05, 3.63) is 88.1 Å². The number of aromatic nitrogens is 3. The number of nitrogens with one attached hydrogen (secondary N) is 1. The van der Waals surface area contributed by atoms with Crippen LogP contribution in [0.1, 0.15) is 16.3 Å². The molecule has 1 amide bonds. The van der Waals surface area contributed by atoms with Crippen LogP contribution in [0.25, 0.3) is 5.69 Å². The number of rotatable bonds is 7. The van der Waals surface area contributed by atoms with Crippen molar-refractivity contribution in [1.29, 1.82) is 0 Å². The molecule has 0 saturated carbocycles. The summed E-state index contributed by atoms with van der Waals surface area (Å²) < 4.78 is 15.7. The third-order valence-electron chi connectivity index (χ3n) is 4.39. The number of halogens is 1. The number of nitrogens with zero attached hydrogens (tertiary/aromatic N) is 3. The molecule has 0 aliphatic rings. The van der Waals surface area contributed by atoms with Crippen molar-refractivity contribution >= 4 is 34.7 Å². The Bertz CT molecular complexity index is 1140. The molecular weight excluding hydrogens is 419 g/mol. The minimum absolute atomic E-state index is 0.0946. The average molecular weight is 439 g/mol. The lowest BCUT2D eigenvalue weighted by Crippen LogP contribution is -2.15. The molecule has 2 aromatic heterocycles. The molecule has 0 radical (unpaired) electrons. The Morgan fingerprint density at radius 1 is 1.10 bits per heavy atom. The third-order valence-corrected chi connectivity index (χ3v) is 6.19. The van der Waals surface area contributed by atoms with Crippen LogP contribution in [-0.4, -0.2) is 26.4 Å². The van der Waals surface area contributed by atoms with Crippen LogP contribution < -0.4 is 5.32 Å². The molecule has 4 rings (SSSR count). The van der Waals surface area contributed by atoms with Crippen molar-refractivity contribution in [2.75, 3.05) is 11.1 Å². The van der Waals surface area contributed by atoms with Crippen molar-refractivity contribution in [2.24, 2.45) is 0 Å². The highest BCUT2D eigenvalue weighted by Crippen LogP contribution is 2.25. The Labute approximate surface area is 182 Å². The number of aryl methyl sites for hydroxylation is 1. The Morgan fingerprint density at radius 2 is 1.90 bits per heavy atom. The zero-order chi connectivity index (χ0) is 20.9. The van der Waals surface area contributed by atoms with Gasteiger partial charge in [-0.05, 0) is 42.6 Å². The first-order valence-electron chi connectivity index (χ1n) is 9.31. The number of thiophene rings is 1. The predicted molar refractivity (Wildman–Crippen MR) is 119 cm³/mol. The summed E-state index contributed by atoms with van der Waals surface area (Å²) in [5, 5.41) is 13.9. The predicted octanol–water partition coefficient (Wildman–Crippen LogP) is 5.10. The van der Waals surface area contributed by atoms with Gasteiger partial charge in [0.15, 0.2) is 5.16 Å². The topological polar surface area (TPSA) is 59.8 Å². The molecule has 0 aliphatic heterocycles. The standard InChI is InChI=1S/C22H19FN4OS2/c1-15-8-10-16(11-9-15)27-20(13-17-5-4-12-29-17)25-26-22(27)30-14-21(28)24-19-7-3-2-6-18(19)23/h2-12H,13-14H2,1H3,(H,24,28). The van der Waals surface area contributed by atoms with Crippen LogP contribution in [0.2, 0.25) is 0 Å². The van der Waals surface area contributed by atoms with Crippen molar-refractivity contribution < 1.29 is 9.18 Å². The van der Waals surface area contributed by atoms with Gasteiger partial charge >= 0.3 is 0 Å². The summed E-state index contributed by atoms with van der Waals surface area (Å²) >= 11 is 2.94. The molecule has 0 fully saturated rings. The molecule has 4 aromatic rings. The fourth-order valence-corrected chi connectivity index (χ4v) is 4.38. The van der Waals surface area contributed by atoms with Gasteiger partial charge in [-0.1, -0.05) is 47.7 Å². The first kappa shape index (κ1) is 20.3. The second-order valence-electron chi connectivity index (χ2n) is 6.64. The maximum absolute atomic E-state index is 13.8. The molecule has 0 atom stereocenters. The molecule has 8 heteroatoms. The molecule has 0 spiro atoms. The SMILES string of the molecule is Cc1ccc(-n2c(Cc3cccs3)nnc2SCC(=O)Nc2ccccc2F)cc1. The Kier molecular flexibility index (Phi) is 6.25. The van der Waals surface area contributed by atoms with Gasteiger partial charge in [0.05, 0.1) is 11.4 Å². The maximum Gasteiger partial charge on any atom is 0.234 e. The fraction of sp³-hybridized carbons (Fsp3) is 0.136. The van der Waals surface area contributed by atoms with E-state index in [1.54, 1.807) is 23.5 Å². The second kappa shape index (κ2) is 9.23. The van der Waals surface area contributed by atoms with Crippen molar-refractivity contribution in [1.82, 2.24) is 14.8 Å². The van der Waals surface area contributed by atoms with Gasteiger partial charge in [-0.3, -0.25) is 9.36 Å². The molecule has 5 nitrogen and oxygen atoms in total. The van der Waals surface area contributed by atoms with E-state index in [-0.39, 0.29) is 17.3 Å². The van der Waals surface area contributed by atoms with E-state index in [0.29, 0.717) is 11.6 Å². The molecule has 0 saturated heterocycles. The average Bonchev–Trinajstić information content (AvgIpc) is 3.39. The van der Waals surface area contributed by atoms with E-state index in [2.05, 4.69) is 21.6 Å². The van der Waals surface area contributed by atoms with Gasteiger partial charge in [0.1, 0.15) is 11.6 Å². The first-order chi connectivity index (χ1) is 14.6. The van der Waals surface area contributed by atoms with Crippen LogP contribution in [0, 0.1) is 12.7 Å². The summed E-state index contributed by atoms with van der Waals surface area (Å²) in [5.41, 5.74) is 2.26. The van der Waals surface area contributed by atoms with Gasteiger partial charge in [-0.25, -0.2) is 4.39 Å². The lowest BCUT2D eigenvalue weighted by Gasteiger charge is -2.10. The smallest absolute Gasteiger partial charge is 0.234 e. The fourth-order valence-electron chi connectivity index (χ4n) is 2.91. The minimum Gasteiger partial charge on any atom is -0.323 e. The monoisotopic (exact) mass is 438 g/mol. The normalized spacial score (nSPS) is 10.9. The number of carbonyl (C=O) groups is 1. The van der Waals surface area contributed by atoms with E-state index < -0.39 is 5.82 Å².